The smallest absolute Gasteiger partial charge is 0.174 e. The van der Waals surface area contributed by atoms with Crippen LogP contribution in [0.25, 0.3) is 5.69 Å². The van der Waals surface area contributed by atoms with Crippen LogP contribution in [-0.4, -0.2) is 14.7 Å². The van der Waals surface area contributed by atoms with Gasteiger partial charge in [-0.15, -0.1) is 0 Å². The van der Waals surface area contributed by atoms with Crippen molar-refractivity contribution in [2.45, 2.75) is 39.8 Å². The van der Waals surface area contributed by atoms with Crippen LogP contribution in [-0.2, 0) is 0 Å². The Bertz CT molecular complexity index is 1360. The number of pyridine rings is 1. The van der Waals surface area contributed by atoms with Gasteiger partial charge in [-0.3, -0.25) is 4.98 Å². The van der Waals surface area contributed by atoms with E-state index in [0.717, 1.165) is 22.1 Å². The van der Waals surface area contributed by atoms with Gasteiger partial charge in [0.15, 0.2) is 5.11 Å². The first-order valence-electron chi connectivity index (χ1n) is 11.4. The van der Waals surface area contributed by atoms with Crippen molar-refractivity contribution >= 4 is 34.6 Å². The summed E-state index contributed by atoms with van der Waals surface area (Å²) < 4.78 is 2.29. The van der Waals surface area contributed by atoms with Gasteiger partial charge in [0.1, 0.15) is 0 Å². The lowest BCUT2D eigenvalue weighted by Gasteiger charge is -2.29. The molecule has 0 amide bonds. The van der Waals surface area contributed by atoms with E-state index >= 15 is 0 Å². The monoisotopic (exact) mass is 486 g/mol. The highest BCUT2D eigenvalue weighted by molar-refractivity contribution is 7.80. The van der Waals surface area contributed by atoms with Crippen molar-refractivity contribution in [3.63, 3.8) is 0 Å². The molecule has 4 aromatic rings. The minimum atomic E-state index is -0.0815. The van der Waals surface area contributed by atoms with Gasteiger partial charge in [-0.1, -0.05) is 41.4 Å². The molecule has 5 rings (SSSR count). The van der Waals surface area contributed by atoms with E-state index in [2.05, 4.69) is 78.9 Å². The van der Waals surface area contributed by atoms with E-state index in [0.29, 0.717) is 5.11 Å². The summed E-state index contributed by atoms with van der Waals surface area (Å²) in [5.74, 6) is 0. The lowest BCUT2D eigenvalue weighted by Crippen LogP contribution is -2.29. The molecule has 1 saturated heterocycles. The van der Waals surface area contributed by atoms with Crippen molar-refractivity contribution in [3.05, 3.63) is 112 Å². The zero-order valence-electron chi connectivity index (χ0n) is 19.7. The molecule has 0 aliphatic carbocycles. The van der Waals surface area contributed by atoms with Crippen molar-refractivity contribution in [2.24, 2.45) is 0 Å². The maximum Gasteiger partial charge on any atom is 0.174 e. The van der Waals surface area contributed by atoms with Crippen LogP contribution < -0.4 is 10.2 Å². The summed E-state index contributed by atoms with van der Waals surface area (Å²) in [6.07, 6.45) is 1.84. The number of rotatable bonds is 4. The van der Waals surface area contributed by atoms with E-state index in [1.807, 2.05) is 36.5 Å². The van der Waals surface area contributed by atoms with Crippen LogP contribution in [0.5, 0.6) is 0 Å². The molecule has 3 heterocycles. The van der Waals surface area contributed by atoms with Crippen LogP contribution in [0.15, 0.2) is 72.9 Å². The molecule has 34 heavy (non-hydrogen) atoms. The molecular weight excluding hydrogens is 460 g/mol. The number of hydrogen-bond acceptors (Lipinski definition) is 2. The summed E-state index contributed by atoms with van der Waals surface area (Å²) in [4.78, 5) is 6.94. The number of nitrogens with one attached hydrogen (secondary N) is 1. The first-order chi connectivity index (χ1) is 16.4. The van der Waals surface area contributed by atoms with Gasteiger partial charge in [0.2, 0.25) is 0 Å². The normalized spacial score (nSPS) is 17.8. The highest BCUT2D eigenvalue weighted by atomic mass is 35.5. The minimum Gasteiger partial charge on any atom is -0.351 e. The molecule has 0 saturated carbocycles. The molecule has 2 atom stereocenters. The Kier molecular flexibility index (Phi) is 5.92. The molecule has 0 bridgehead atoms. The van der Waals surface area contributed by atoms with Gasteiger partial charge in [0.25, 0.3) is 0 Å². The number of nitrogens with zero attached hydrogens (tertiary/aromatic N) is 3. The Morgan fingerprint density at radius 1 is 0.882 bits per heavy atom. The number of aryl methyl sites for hydroxylation is 1. The molecule has 1 fully saturated rings. The fraction of sp³-hybridized carbons (Fsp3) is 0.214. The quantitative estimate of drug-likeness (QED) is 0.317. The minimum absolute atomic E-state index is 0.0516. The lowest BCUT2D eigenvalue weighted by atomic mass is 9.93. The molecule has 2 aromatic carbocycles. The van der Waals surface area contributed by atoms with E-state index in [1.165, 1.54) is 28.1 Å². The number of hydrogen-bond donors (Lipinski definition) is 1. The van der Waals surface area contributed by atoms with Gasteiger partial charge >= 0.3 is 0 Å². The second-order valence-corrected chi connectivity index (χ2v) is 9.68. The number of benzene rings is 2. The average molecular weight is 487 g/mol. The fourth-order valence-corrected chi connectivity index (χ4v) is 5.61. The molecule has 1 aliphatic heterocycles. The number of halogens is 1. The van der Waals surface area contributed by atoms with Crippen molar-refractivity contribution in [1.29, 1.82) is 0 Å². The molecule has 4 nitrogen and oxygen atoms in total. The van der Waals surface area contributed by atoms with Gasteiger partial charge in [-0.25, -0.2) is 0 Å². The van der Waals surface area contributed by atoms with Gasteiger partial charge in [0.05, 0.1) is 17.8 Å². The third kappa shape index (κ3) is 3.79. The Balaban J connectivity index is 1.73. The van der Waals surface area contributed by atoms with E-state index in [9.17, 15) is 0 Å². The van der Waals surface area contributed by atoms with E-state index in [4.69, 9.17) is 28.8 Å². The average Bonchev–Trinajstić information content (AvgIpc) is 3.27. The van der Waals surface area contributed by atoms with Crippen molar-refractivity contribution < 1.29 is 0 Å². The van der Waals surface area contributed by atoms with Gasteiger partial charge in [0, 0.05) is 39.5 Å². The molecule has 1 aliphatic rings. The summed E-state index contributed by atoms with van der Waals surface area (Å²) in [6.45, 7) is 8.64. The summed E-state index contributed by atoms with van der Waals surface area (Å²) in [6, 6.07) is 22.5. The molecule has 0 radical (unpaired) electrons. The van der Waals surface area contributed by atoms with E-state index in [1.54, 1.807) is 0 Å². The number of aromatic nitrogens is 2. The second-order valence-electron chi connectivity index (χ2n) is 8.86. The number of anilines is 1. The molecule has 6 heteroatoms. The molecule has 172 valence electrons. The molecule has 0 spiro atoms. The molecule has 2 unspecified atom stereocenters. The van der Waals surface area contributed by atoms with Crippen molar-refractivity contribution in [1.82, 2.24) is 14.9 Å². The van der Waals surface area contributed by atoms with Gasteiger partial charge in [-0.05, 0) is 87.9 Å². The molecular formula is C28H27ClN4S. The largest absolute Gasteiger partial charge is 0.351 e. The first-order valence-corrected chi connectivity index (χ1v) is 12.2. The Morgan fingerprint density at radius 3 is 2.32 bits per heavy atom. The van der Waals surface area contributed by atoms with Gasteiger partial charge < -0.3 is 14.8 Å². The highest BCUT2D eigenvalue weighted by Crippen LogP contribution is 2.45. The van der Waals surface area contributed by atoms with Crippen molar-refractivity contribution in [2.75, 3.05) is 4.90 Å². The lowest BCUT2D eigenvalue weighted by molar-refractivity contribution is 0.563. The Labute approximate surface area is 211 Å². The van der Waals surface area contributed by atoms with Crippen LogP contribution in [0.2, 0.25) is 5.02 Å². The maximum atomic E-state index is 6.35. The third-order valence-electron chi connectivity index (χ3n) is 6.78. The number of thiocarbonyl (C=S) groups is 1. The Hall–Kier alpha value is -3.15. The van der Waals surface area contributed by atoms with Crippen LogP contribution >= 0.6 is 23.8 Å². The predicted molar refractivity (Wildman–Crippen MR) is 144 cm³/mol. The third-order valence-corrected chi connectivity index (χ3v) is 7.33. The van der Waals surface area contributed by atoms with Crippen LogP contribution in [0.1, 0.15) is 45.9 Å². The fourth-order valence-electron chi connectivity index (χ4n) is 5.08. The standard InChI is InChI=1S/C28H27ClN4S/c1-17-11-13-22(14-12-17)33-27(26(31-28(33)34)24-10-5-6-15-30-24)25-18(2)19(3)32(20(25)4)23-9-7-8-21(29)16-23/h5-16,26-27H,1-4H3,(H,31,34). The van der Waals surface area contributed by atoms with Gasteiger partial charge in [-0.2, -0.15) is 0 Å². The maximum absolute atomic E-state index is 6.35. The van der Waals surface area contributed by atoms with E-state index < -0.39 is 0 Å². The Morgan fingerprint density at radius 2 is 1.65 bits per heavy atom. The summed E-state index contributed by atoms with van der Waals surface area (Å²) in [5, 5.41) is 5.01. The summed E-state index contributed by atoms with van der Waals surface area (Å²) in [7, 11) is 0. The van der Waals surface area contributed by atoms with Crippen LogP contribution in [0, 0.1) is 27.7 Å². The van der Waals surface area contributed by atoms with E-state index in [-0.39, 0.29) is 12.1 Å². The second kappa shape index (κ2) is 8.90. The highest BCUT2D eigenvalue weighted by Gasteiger charge is 2.43. The first kappa shape index (κ1) is 22.6. The summed E-state index contributed by atoms with van der Waals surface area (Å²) >= 11 is 12.3. The predicted octanol–water partition coefficient (Wildman–Crippen LogP) is 6.94. The zero-order valence-corrected chi connectivity index (χ0v) is 21.3. The summed E-state index contributed by atoms with van der Waals surface area (Å²) in [5.41, 5.74) is 9.17. The van der Waals surface area contributed by atoms with Crippen molar-refractivity contribution in [3.8, 4) is 5.69 Å². The van der Waals surface area contributed by atoms with Crippen LogP contribution in [0.3, 0.4) is 0 Å². The van der Waals surface area contributed by atoms with Crippen LogP contribution in [0.4, 0.5) is 5.69 Å². The molecule has 1 N–H and O–H groups in total. The SMILES string of the molecule is Cc1ccc(N2C(=S)NC(c3ccccn3)C2c2c(C)c(C)n(-c3cccc(Cl)c3)c2C)cc1. The molecule has 2 aromatic heterocycles. The zero-order chi connectivity index (χ0) is 24.0. The topological polar surface area (TPSA) is 33.1 Å².